The van der Waals surface area contributed by atoms with Gasteiger partial charge in [-0.05, 0) is 40.0 Å². The van der Waals surface area contributed by atoms with E-state index in [4.69, 9.17) is 9.84 Å². The average molecular weight is 226 g/mol. The van der Waals surface area contributed by atoms with Crippen LogP contribution in [-0.2, 0) is 9.53 Å². The van der Waals surface area contributed by atoms with Crippen LogP contribution in [0.1, 0.15) is 40.0 Å². The van der Waals surface area contributed by atoms with Crippen molar-refractivity contribution >= 4 is 5.97 Å². The highest BCUT2D eigenvalue weighted by atomic mass is 16.5. The lowest BCUT2D eigenvalue weighted by Crippen LogP contribution is -2.07. The topological polar surface area (TPSA) is 46.5 Å². The smallest absolute Gasteiger partial charge is 0.329 e. The van der Waals surface area contributed by atoms with Gasteiger partial charge in [-0.25, -0.2) is 4.79 Å². The number of carbonyl (C=O) groups is 1. The van der Waals surface area contributed by atoms with Gasteiger partial charge < -0.3 is 9.84 Å². The van der Waals surface area contributed by atoms with Gasteiger partial charge in [-0.1, -0.05) is 23.3 Å². The van der Waals surface area contributed by atoms with Crippen molar-refractivity contribution in [3.8, 4) is 0 Å². The minimum absolute atomic E-state index is 0.204. The maximum atomic E-state index is 10.2. The van der Waals surface area contributed by atoms with Crippen LogP contribution >= 0.6 is 0 Å². The third kappa shape index (κ3) is 11.0. The van der Waals surface area contributed by atoms with Crippen LogP contribution in [0, 0.1) is 0 Å². The molecule has 1 N–H and O–H groups in total. The zero-order chi connectivity index (χ0) is 12.4. The molecule has 0 radical (unpaired) electrons. The second-order valence-electron chi connectivity index (χ2n) is 4.11. The fourth-order valence-electron chi connectivity index (χ4n) is 1.24. The second-order valence-corrected chi connectivity index (χ2v) is 4.11. The molecule has 16 heavy (non-hydrogen) atoms. The highest BCUT2D eigenvalue weighted by molar-refractivity contribution is 5.67. The number of carboxylic acid groups (broad SMARTS) is 1. The van der Waals surface area contributed by atoms with Gasteiger partial charge in [0.05, 0.1) is 6.61 Å². The molecule has 0 aromatic heterocycles. The third-order valence-corrected chi connectivity index (χ3v) is 2.07. The van der Waals surface area contributed by atoms with Crippen LogP contribution in [0.3, 0.4) is 0 Å². The Labute approximate surface area is 97.8 Å². The van der Waals surface area contributed by atoms with Crippen LogP contribution in [-0.4, -0.2) is 24.3 Å². The largest absolute Gasteiger partial charge is 0.480 e. The quantitative estimate of drug-likeness (QED) is 0.511. The zero-order valence-corrected chi connectivity index (χ0v) is 10.5. The van der Waals surface area contributed by atoms with Gasteiger partial charge in [0.1, 0.15) is 6.61 Å². The molecule has 0 aromatic carbocycles. The summed E-state index contributed by atoms with van der Waals surface area (Å²) in [5, 5.41) is 8.34. The van der Waals surface area contributed by atoms with Crippen molar-refractivity contribution in [2.45, 2.75) is 40.0 Å². The van der Waals surface area contributed by atoms with Gasteiger partial charge in [0.25, 0.3) is 0 Å². The summed E-state index contributed by atoms with van der Waals surface area (Å²) in [4.78, 5) is 10.2. The Morgan fingerprint density at radius 2 is 1.88 bits per heavy atom. The molecule has 3 nitrogen and oxygen atoms in total. The molecule has 0 saturated heterocycles. The number of carboxylic acids is 1. The Balaban J connectivity index is 3.55. The van der Waals surface area contributed by atoms with Crippen molar-refractivity contribution < 1.29 is 14.6 Å². The van der Waals surface area contributed by atoms with Gasteiger partial charge in [0, 0.05) is 0 Å². The first-order valence-corrected chi connectivity index (χ1v) is 5.61. The minimum atomic E-state index is -0.913. The van der Waals surface area contributed by atoms with Crippen molar-refractivity contribution in [3.05, 3.63) is 23.3 Å². The highest BCUT2D eigenvalue weighted by Crippen LogP contribution is 2.07. The molecule has 0 saturated carbocycles. The van der Waals surface area contributed by atoms with Gasteiger partial charge in [0.2, 0.25) is 0 Å². The van der Waals surface area contributed by atoms with Crippen LogP contribution in [0.25, 0.3) is 0 Å². The molecule has 0 heterocycles. The molecule has 0 fully saturated rings. The van der Waals surface area contributed by atoms with Crippen molar-refractivity contribution in [3.63, 3.8) is 0 Å². The van der Waals surface area contributed by atoms with Crippen molar-refractivity contribution in [2.75, 3.05) is 13.2 Å². The maximum absolute atomic E-state index is 10.2. The zero-order valence-electron chi connectivity index (χ0n) is 10.5. The number of hydrogen-bond acceptors (Lipinski definition) is 2. The lowest BCUT2D eigenvalue weighted by molar-refractivity contribution is -0.142. The summed E-state index contributed by atoms with van der Waals surface area (Å²) in [5.74, 6) is -0.913. The number of aliphatic carboxylic acids is 1. The molecule has 0 aliphatic heterocycles. The molecule has 0 rings (SSSR count). The Hall–Kier alpha value is -1.09. The van der Waals surface area contributed by atoms with Crippen LogP contribution < -0.4 is 0 Å². The highest BCUT2D eigenvalue weighted by Gasteiger charge is 1.94. The third-order valence-electron chi connectivity index (χ3n) is 2.07. The number of rotatable bonds is 8. The molecule has 0 aliphatic carbocycles. The number of ether oxygens (including phenoxy) is 1. The first kappa shape index (κ1) is 14.9. The van der Waals surface area contributed by atoms with E-state index in [1.807, 2.05) is 0 Å². The summed E-state index contributed by atoms with van der Waals surface area (Å²) in [6.45, 7) is 6.56. The van der Waals surface area contributed by atoms with E-state index in [2.05, 4.69) is 32.9 Å². The summed E-state index contributed by atoms with van der Waals surface area (Å²) in [6, 6.07) is 0. The molecule has 0 atom stereocenters. The molecule has 0 aromatic rings. The molecule has 0 amide bonds. The number of hydrogen-bond donors (Lipinski definition) is 1. The van der Waals surface area contributed by atoms with Crippen LogP contribution in [0.2, 0.25) is 0 Å². The Kier molecular flexibility index (Phi) is 8.53. The van der Waals surface area contributed by atoms with E-state index in [1.54, 1.807) is 0 Å². The molecule has 92 valence electrons. The lowest BCUT2D eigenvalue weighted by Gasteiger charge is -2.00. The van der Waals surface area contributed by atoms with E-state index in [-0.39, 0.29) is 6.61 Å². The van der Waals surface area contributed by atoms with E-state index < -0.39 is 5.97 Å². The predicted molar refractivity (Wildman–Crippen MR) is 65.5 cm³/mol. The summed E-state index contributed by atoms with van der Waals surface area (Å²) >= 11 is 0. The predicted octanol–water partition coefficient (Wildman–Crippen LogP) is 3.17. The number of allylic oxidation sites excluding steroid dienone is 3. The maximum Gasteiger partial charge on any atom is 0.329 e. The standard InChI is InChI=1S/C13H22O3/c1-11(2)6-4-7-12(3)8-5-9-16-10-13(14)15/h6,8H,4-5,7,9-10H2,1-3H3,(H,14,15)/b12-8+. The fourth-order valence-corrected chi connectivity index (χ4v) is 1.24. The molecule has 3 heteroatoms. The van der Waals surface area contributed by atoms with Crippen LogP contribution in [0.15, 0.2) is 23.3 Å². The lowest BCUT2D eigenvalue weighted by atomic mass is 10.1. The monoisotopic (exact) mass is 226 g/mol. The summed E-state index contributed by atoms with van der Waals surface area (Å²) in [7, 11) is 0. The van der Waals surface area contributed by atoms with Gasteiger partial charge in [0.15, 0.2) is 0 Å². The van der Waals surface area contributed by atoms with Crippen molar-refractivity contribution in [1.82, 2.24) is 0 Å². The average Bonchev–Trinajstić information content (AvgIpc) is 2.16. The normalized spacial score (nSPS) is 11.3. The van der Waals surface area contributed by atoms with Gasteiger partial charge in [-0.2, -0.15) is 0 Å². The van der Waals surface area contributed by atoms with Gasteiger partial charge in [-0.15, -0.1) is 0 Å². The summed E-state index contributed by atoms with van der Waals surface area (Å²) in [5.41, 5.74) is 2.68. The summed E-state index contributed by atoms with van der Waals surface area (Å²) < 4.78 is 4.93. The molecule has 0 bridgehead atoms. The fraction of sp³-hybridized carbons (Fsp3) is 0.615. The van der Waals surface area contributed by atoms with E-state index in [9.17, 15) is 4.79 Å². The first-order valence-electron chi connectivity index (χ1n) is 5.61. The van der Waals surface area contributed by atoms with Gasteiger partial charge in [-0.3, -0.25) is 0 Å². The molecular weight excluding hydrogens is 204 g/mol. The molecule has 0 spiro atoms. The summed E-state index contributed by atoms with van der Waals surface area (Å²) in [6.07, 6.45) is 7.25. The van der Waals surface area contributed by atoms with Gasteiger partial charge >= 0.3 is 5.97 Å². The first-order chi connectivity index (χ1) is 7.52. The SMILES string of the molecule is CC(C)=CCC/C(C)=C/CCOCC(=O)O. The van der Waals surface area contributed by atoms with E-state index in [0.717, 1.165) is 19.3 Å². The second kappa shape index (κ2) is 9.16. The van der Waals surface area contributed by atoms with E-state index in [1.165, 1.54) is 11.1 Å². The van der Waals surface area contributed by atoms with Crippen molar-refractivity contribution in [1.29, 1.82) is 0 Å². The van der Waals surface area contributed by atoms with Crippen LogP contribution in [0.4, 0.5) is 0 Å². The Morgan fingerprint density at radius 3 is 2.44 bits per heavy atom. The molecule has 0 aliphatic rings. The van der Waals surface area contributed by atoms with E-state index in [0.29, 0.717) is 6.61 Å². The molecule has 0 unspecified atom stereocenters. The minimum Gasteiger partial charge on any atom is -0.480 e. The van der Waals surface area contributed by atoms with Crippen molar-refractivity contribution in [2.24, 2.45) is 0 Å². The Morgan fingerprint density at radius 1 is 1.19 bits per heavy atom. The van der Waals surface area contributed by atoms with Crippen LogP contribution in [0.5, 0.6) is 0 Å². The molecular formula is C13H22O3. The van der Waals surface area contributed by atoms with E-state index >= 15 is 0 Å². The Bertz CT molecular complexity index is 260.